The number of nitrogens with two attached hydrogens (primary N) is 1. The van der Waals surface area contributed by atoms with Crippen LogP contribution in [0.1, 0.15) is 45.2 Å². The minimum absolute atomic E-state index is 0.232. The molecule has 0 fully saturated rings. The van der Waals surface area contributed by atoms with E-state index in [1.165, 1.54) is 11.1 Å². The van der Waals surface area contributed by atoms with Crippen LogP contribution >= 0.6 is 0 Å². The quantitative estimate of drug-likeness (QED) is 0.672. The van der Waals surface area contributed by atoms with Crippen molar-refractivity contribution in [3.63, 3.8) is 0 Å². The van der Waals surface area contributed by atoms with Crippen LogP contribution < -0.4 is 5.73 Å². The fraction of sp³-hybridized carbons (Fsp3) is 0.611. The Bertz CT molecular complexity index is 539. The summed E-state index contributed by atoms with van der Waals surface area (Å²) >= 11 is 0. The van der Waals surface area contributed by atoms with Gasteiger partial charge in [0.1, 0.15) is 5.60 Å². The Kier molecular flexibility index (Phi) is 4.45. The summed E-state index contributed by atoms with van der Waals surface area (Å²) in [6.07, 6.45) is 2.00. The average molecular weight is 299 g/mol. The molecule has 0 bridgehead atoms. The van der Waals surface area contributed by atoms with Gasteiger partial charge in [-0.2, -0.15) is 0 Å². The minimum atomic E-state index is -0.754. The number of hydrogen-bond donors (Lipinski definition) is 1. The molecule has 1 aliphatic rings. The van der Waals surface area contributed by atoms with Crippen LogP contribution in [0.25, 0.3) is 0 Å². The van der Waals surface area contributed by atoms with Gasteiger partial charge in [-0.3, -0.25) is 4.79 Å². The summed E-state index contributed by atoms with van der Waals surface area (Å²) in [7, 11) is 6.08. The highest BCUT2D eigenvalue weighted by Crippen LogP contribution is 2.39. The van der Waals surface area contributed by atoms with Crippen LogP contribution in [-0.2, 0) is 22.4 Å². The van der Waals surface area contributed by atoms with Crippen molar-refractivity contribution in [2.75, 3.05) is 6.54 Å². The van der Waals surface area contributed by atoms with E-state index in [1.807, 2.05) is 39.8 Å². The van der Waals surface area contributed by atoms with E-state index < -0.39 is 16.3 Å². The smallest absolute Gasteiger partial charge is 0.313 e. The second kappa shape index (κ2) is 5.73. The Balaban J connectivity index is 2.12. The fourth-order valence-corrected chi connectivity index (χ4v) is 3.42. The van der Waals surface area contributed by atoms with E-state index in [9.17, 15) is 4.79 Å². The van der Waals surface area contributed by atoms with Crippen LogP contribution in [0, 0.1) is 5.41 Å². The molecular weight excluding hydrogens is 273 g/mol. The maximum atomic E-state index is 12.7. The van der Waals surface area contributed by atoms with Crippen molar-refractivity contribution in [3.8, 4) is 0 Å². The van der Waals surface area contributed by atoms with Gasteiger partial charge in [-0.05, 0) is 31.4 Å². The SMILES string of the molecule is [B]C(C)(C)CC(C)(CN)C(=O)OC1(C)Cc2ccccc2C1. The molecule has 2 N–H and O–H groups in total. The van der Waals surface area contributed by atoms with E-state index in [4.69, 9.17) is 18.3 Å². The summed E-state index contributed by atoms with van der Waals surface area (Å²) in [5.74, 6) is -0.246. The van der Waals surface area contributed by atoms with Crippen molar-refractivity contribution >= 4 is 13.8 Å². The number of hydrogen-bond acceptors (Lipinski definition) is 3. The summed E-state index contributed by atoms with van der Waals surface area (Å²) in [4.78, 5) is 12.7. The Morgan fingerprint density at radius 3 is 2.18 bits per heavy atom. The van der Waals surface area contributed by atoms with Gasteiger partial charge in [0.25, 0.3) is 0 Å². The van der Waals surface area contributed by atoms with Crippen molar-refractivity contribution < 1.29 is 9.53 Å². The van der Waals surface area contributed by atoms with E-state index in [2.05, 4.69) is 12.1 Å². The molecule has 2 radical (unpaired) electrons. The first-order chi connectivity index (χ1) is 10.1. The summed E-state index contributed by atoms with van der Waals surface area (Å²) in [5.41, 5.74) is 7.13. The first-order valence-electron chi connectivity index (χ1n) is 7.86. The Morgan fingerprint density at radius 2 is 1.77 bits per heavy atom. The van der Waals surface area contributed by atoms with Crippen LogP contribution in [0.5, 0.6) is 0 Å². The molecule has 0 aromatic heterocycles. The Morgan fingerprint density at radius 1 is 1.27 bits per heavy atom. The molecule has 1 aromatic carbocycles. The van der Waals surface area contributed by atoms with Crippen LogP contribution in [-0.4, -0.2) is 26.0 Å². The van der Waals surface area contributed by atoms with Crippen molar-refractivity contribution in [2.45, 2.75) is 57.9 Å². The van der Waals surface area contributed by atoms with Gasteiger partial charge >= 0.3 is 5.97 Å². The molecule has 0 heterocycles. The maximum Gasteiger partial charge on any atom is 0.313 e. The number of rotatable bonds is 5. The fourth-order valence-electron chi connectivity index (χ4n) is 3.42. The largest absolute Gasteiger partial charge is 0.458 e. The third-order valence-corrected chi connectivity index (χ3v) is 4.38. The normalized spacial score (nSPS) is 19.3. The van der Waals surface area contributed by atoms with Crippen LogP contribution in [0.2, 0.25) is 5.31 Å². The zero-order chi connectivity index (χ0) is 16.6. The molecule has 2 rings (SSSR count). The van der Waals surface area contributed by atoms with Crippen molar-refractivity contribution in [1.82, 2.24) is 0 Å². The number of esters is 1. The van der Waals surface area contributed by atoms with Crippen molar-refractivity contribution in [1.29, 1.82) is 0 Å². The second-order valence-corrected chi connectivity index (χ2v) is 7.89. The van der Waals surface area contributed by atoms with Gasteiger partial charge in [0.2, 0.25) is 0 Å². The third-order valence-electron chi connectivity index (χ3n) is 4.38. The molecular formula is C18H26BNO2. The molecule has 0 saturated carbocycles. The highest BCUT2D eigenvalue weighted by Gasteiger charge is 2.43. The summed E-state index contributed by atoms with van der Waals surface area (Å²) in [6.45, 7) is 7.88. The average Bonchev–Trinajstić information content (AvgIpc) is 2.72. The third kappa shape index (κ3) is 3.72. The molecule has 0 saturated heterocycles. The predicted molar refractivity (Wildman–Crippen MR) is 89.9 cm³/mol. The number of carbonyl (C=O) groups is 1. The molecule has 1 aromatic rings. The van der Waals surface area contributed by atoms with E-state index in [1.54, 1.807) is 0 Å². The number of benzene rings is 1. The first kappa shape index (κ1) is 17.1. The lowest BCUT2D eigenvalue weighted by atomic mass is 9.63. The number of ether oxygens (including phenoxy) is 1. The van der Waals surface area contributed by atoms with Crippen LogP contribution in [0.3, 0.4) is 0 Å². The molecule has 1 atom stereocenters. The predicted octanol–water partition coefficient (Wildman–Crippen LogP) is 2.81. The lowest BCUT2D eigenvalue weighted by Crippen LogP contribution is -2.44. The highest BCUT2D eigenvalue weighted by atomic mass is 16.6. The maximum absolute atomic E-state index is 12.7. The lowest BCUT2D eigenvalue weighted by molar-refractivity contribution is -0.169. The van der Waals surface area contributed by atoms with Crippen LogP contribution in [0.15, 0.2) is 24.3 Å². The lowest BCUT2D eigenvalue weighted by Gasteiger charge is -2.36. The second-order valence-electron chi connectivity index (χ2n) is 7.89. The van der Waals surface area contributed by atoms with Gasteiger partial charge in [-0.1, -0.05) is 43.4 Å². The van der Waals surface area contributed by atoms with Crippen LogP contribution in [0.4, 0.5) is 0 Å². The summed E-state index contributed by atoms with van der Waals surface area (Å²) < 4.78 is 5.91. The van der Waals surface area contributed by atoms with Gasteiger partial charge in [0.15, 0.2) is 0 Å². The molecule has 118 valence electrons. The molecule has 0 spiro atoms. The van der Waals surface area contributed by atoms with Crippen molar-refractivity contribution in [3.05, 3.63) is 35.4 Å². The molecule has 1 aliphatic carbocycles. The molecule has 3 nitrogen and oxygen atoms in total. The standard InChI is InChI=1S/C18H26BNO2/c1-16(2,19)11-17(3,12-20)15(21)22-18(4)9-13-7-5-6-8-14(13)10-18/h5-8H,9-12,20H2,1-4H3. The number of fused-ring (bicyclic) bond motifs is 1. The van der Waals surface area contributed by atoms with E-state index in [0.29, 0.717) is 6.42 Å². The van der Waals surface area contributed by atoms with E-state index >= 15 is 0 Å². The number of carbonyl (C=O) groups excluding carboxylic acids is 1. The van der Waals surface area contributed by atoms with Gasteiger partial charge in [-0.25, -0.2) is 0 Å². The van der Waals surface area contributed by atoms with Gasteiger partial charge < -0.3 is 10.5 Å². The van der Waals surface area contributed by atoms with E-state index in [-0.39, 0.29) is 12.5 Å². The minimum Gasteiger partial charge on any atom is -0.458 e. The monoisotopic (exact) mass is 299 g/mol. The Labute approximate surface area is 135 Å². The zero-order valence-electron chi connectivity index (χ0n) is 14.1. The molecule has 0 aliphatic heterocycles. The first-order valence-corrected chi connectivity index (χ1v) is 7.86. The van der Waals surface area contributed by atoms with E-state index in [0.717, 1.165) is 12.8 Å². The topological polar surface area (TPSA) is 52.3 Å². The van der Waals surface area contributed by atoms with Crippen molar-refractivity contribution in [2.24, 2.45) is 11.1 Å². The van der Waals surface area contributed by atoms with Gasteiger partial charge in [-0.15, -0.1) is 0 Å². The summed E-state index contributed by atoms with van der Waals surface area (Å²) in [5, 5.41) is -0.466. The van der Waals surface area contributed by atoms with Gasteiger partial charge in [0, 0.05) is 19.4 Å². The summed E-state index contributed by atoms with van der Waals surface area (Å²) in [6, 6.07) is 8.24. The van der Waals surface area contributed by atoms with Gasteiger partial charge in [0.05, 0.1) is 13.3 Å². The molecule has 22 heavy (non-hydrogen) atoms. The molecule has 0 amide bonds. The Hall–Kier alpha value is -1.29. The molecule has 4 heteroatoms. The molecule has 1 unspecified atom stereocenters. The highest BCUT2D eigenvalue weighted by molar-refractivity contribution is 6.14. The zero-order valence-corrected chi connectivity index (χ0v) is 14.1.